The van der Waals surface area contributed by atoms with Crippen LogP contribution in [0.3, 0.4) is 0 Å². The maximum atomic E-state index is 11.4. The maximum Gasteiger partial charge on any atom is 0.160 e. The number of hydrogen-bond acceptors (Lipinski definition) is 4. The van der Waals surface area contributed by atoms with Crippen LogP contribution in [0.15, 0.2) is 0 Å². The molecule has 1 aliphatic heterocycles. The van der Waals surface area contributed by atoms with Crippen molar-refractivity contribution in [3.05, 3.63) is 0 Å². The van der Waals surface area contributed by atoms with Crippen LogP contribution in [0.5, 0.6) is 0 Å². The number of ether oxygens (including phenoxy) is 3. The fraction of sp³-hybridized carbons (Fsp3) is 0.929. The monoisotopic (exact) mass is 258 g/mol. The number of hydrogen-bond donors (Lipinski definition) is 0. The van der Waals surface area contributed by atoms with E-state index >= 15 is 0 Å². The summed E-state index contributed by atoms with van der Waals surface area (Å²) in [6, 6.07) is 0. The Hall–Kier alpha value is -0.450. The Morgan fingerprint density at radius 2 is 2.17 bits per heavy atom. The van der Waals surface area contributed by atoms with Crippen LogP contribution in [0.4, 0.5) is 0 Å². The highest BCUT2D eigenvalue weighted by Gasteiger charge is 2.23. The zero-order valence-corrected chi connectivity index (χ0v) is 11.8. The van der Waals surface area contributed by atoms with Crippen molar-refractivity contribution in [2.75, 3.05) is 19.8 Å². The summed E-state index contributed by atoms with van der Waals surface area (Å²) in [6.45, 7) is 7.28. The molecule has 1 rings (SSSR count). The Balaban J connectivity index is 2.16. The lowest BCUT2D eigenvalue weighted by molar-refractivity contribution is -0.204. The molecule has 18 heavy (non-hydrogen) atoms. The normalized spacial score (nSPS) is 24.4. The third kappa shape index (κ3) is 5.94. The van der Waals surface area contributed by atoms with E-state index in [4.69, 9.17) is 14.2 Å². The van der Waals surface area contributed by atoms with E-state index in [-0.39, 0.29) is 30.7 Å². The van der Waals surface area contributed by atoms with Crippen molar-refractivity contribution in [3.8, 4) is 0 Å². The molecule has 0 bridgehead atoms. The van der Waals surface area contributed by atoms with Crippen LogP contribution in [-0.2, 0) is 19.0 Å². The molecule has 0 aliphatic carbocycles. The molecule has 0 aromatic carbocycles. The predicted molar refractivity (Wildman–Crippen MR) is 69.4 cm³/mol. The summed E-state index contributed by atoms with van der Waals surface area (Å²) in [6.07, 6.45) is 4.03. The summed E-state index contributed by atoms with van der Waals surface area (Å²) in [4.78, 5) is 11.4. The topological polar surface area (TPSA) is 44.8 Å². The molecule has 2 unspecified atom stereocenters. The Labute approximate surface area is 110 Å². The quantitative estimate of drug-likeness (QED) is 0.671. The number of ketones is 1. The number of carbonyl (C=O) groups excluding carboxylic acids is 1. The van der Waals surface area contributed by atoms with Crippen LogP contribution < -0.4 is 0 Å². The van der Waals surface area contributed by atoms with E-state index in [1.807, 2.05) is 13.8 Å². The largest absolute Gasteiger partial charge is 0.371 e. The average Bonchev–Trinajstić information content (AvgIpc) is 2.36. The molecule has 1 saturated heterocycles. The van der Waals surface area contributed by atoms with E-state index in [1.165, 1.54) is 0 Å². The Morgan fingerprint density at radius 1 is 1.39 bits per heavy atom. The van der Waals surface area contributed by atoms with E-state index in [0.29, 0.717) is 6.61 Å². The Morgan fingerprint density at radius 3 is 2.83 bits per heavy atom. The van der Waals surface area contributed by atoms with Gasteiger partial charge in [0.05, 0.1) is 12.7 Å². The van der Waals surface area contributed by atoms with Crippen molar-refractivity contribution in [3.63, 3.8) is 0 Å². The molecule has 106 valence electrons. The first-order valence-corrected chi connectivity index (χ1v) is 7.01. The van der Waals surface area contributed by atoms with Crippen LogP contribution in [-0.4, -0.2) is 38.0 Å². The molecule has 4 heteroatoms. The molecule has 0 saturated carbocycles. The molecule has 2 atom stereocenters. The molecule has 0 radical (unpaired) electrons. The van der Waals surface area contributed by atoms with Crippen molar-refractivity contribution in [2.24, 2.45) is 5.92 Å². The highest BCUT2D eigenvalue weighted by Crippen LogP contribution is 2.20. The standard InChI is InChI=1S/C14H26O4/c1-4-8-17-14-7-5-6-12(18-14)9-16-10-13(15)11(2)3/h11-12,14H,4-10H2,1-3H3. The van der Waals surface area contributed by atoms with Gasteiger partial charge in [0.1, 0.15) is 6.61 Å². The van der Waals surface area contributed by atoms with Gasteiger partial charge in [0, 0.05) is 12.5 Å². The zero-order chi connectivity index (χ0) is 13.4. The van der Waals surface area contributed by atoms with E-state index in [0.717, 1.165) is 32.3 Å². The van der Waals surface area contributed by atoms with Gasteiger partial charge in [-0.1, -0.05) is 20.8 Å². The van der Waals surface area contributed by atoms with Gasteiger partial charge in [0.25, 0.3) is 0 Å². The minimum Gasteiger partial charge on any atom is -0.371 e. The predicted octanol–water partition coefficient (Wildman–Crippen LogP) is 2.55. The highest BCUT2D eigenvalue weighted by atomic mass is 16.7. The fourth-order valence-electron chi connectivity index (χ4n) is 1.82. The van der Waals surface area contributed by atoms with Crippen LogP contribution in [0.2, 0.25) is 0 Å². The van der Waals surface area contributed by atoms with Gasteiger partial charge in [-0.15, -0.1) is 0 Å². The lowest BCUT2D eigenvalue weighted by atomic mass is 10.1. The summed E-state index contributed by atoms with van der Waals surface area (Å²) in [7, 11) is 0. The van der Waals surface area contributed by atoms with Crippen molar-refractivity contribution in [1.82, 2.24) is 0 Å². The van der Waals surface area contributed by atoms with Crippen LogP contribution in [0, 0.1) is 5.92 Å². The Kier molecular flexibility index (Phi) is 7.47. The second-order valence-corrected chi connectivity index (χ2v) is 5.13. The molecule has 4 nitrogen and oxygen atoms in total. The molecule has 1 heterocycles. The molecule has 1 aliphatic rings. The molecule has 0 spiro atoms. The van der Waals surface area contributed by atoms with Gasteiger partial charge >= 0.3 is 0 Å². The fourth-order valence-corrected chi connectivity index (χ4v) is 1.82. The minimum absolute atomic E-state index is 0.0397. The third-order valence-electron chi connectivity index (χ3n) is 3.01. The van der Waals surface area contributed by atoms with Crippen molar-refractivity contribution in [1.29, 1.82) is 0 Å². The van der Waals surface area contributed by atoms with Gasteiger partial charge < -0.3 is 14.2 Å². The van der Waals surface area contributed by atoms with Crippen molar-refractivity contribution < 1.29 is 19.0 Å². The lowest BCUT2D eigenvalue weighted by Crippen LogP contribution is -2.33. The zero-order valence-electron chi connectivity index (χ0n) is 11.8. The maximum absolute atomic E-state index is 11.4. The van der Waals surface area contributed by atoms with Gasteiger partial charge in [-0.25, -0.2) is 0 Å². The second kappa shape index (κ2) is 8.62. The van der Waals surface area contributed by atoms with Crippen LogP contribution >= 0.6 is 0 Å². The highest BCUT2D eigenvalue weighted by molar-refractivity contribution is 5.81. The molecule has 0 amide bonds. The SMILES string of the molecule is CCCOC1CCCC(COCC(=O)C(C)C)O1. The molecule has 0 N–H and O–H groups in total. The summed E-state index contributed by atoms with van der Waals surface area (Å²) in [5.74, 6) is 0.183. The van der Waals surface area contributed by atoms with Gasteiger partial charge in [0.2, 0.25) is 0 Å². The summed E-state index contributed by atoms with van der Waals surface area (Å²) in [5, 5.41) is 0. The van der Waals surface area contributed by atoms with E-state index in [9.17, 15) is 4.79 Å². The van der Waals surface area contributed by atoms with Gasteiger partial charge in [-0.3, -0.25) is 4.79 Å². The van der Waals surface area contributed by atoms with E-state index < -0.39 is 0 Å². The van der Waals surface area contributed by atoms with Crippen LogP contribution in [0.25, 0.3) is 0 Å². The van der Waals surface area contributed by atoms with Crippen LogP contribution in [0.1, 0.15) is 46.5 Å². The smallest absolute Gasteiger partial charge is 0.160 e. The third-order valence-corrected chi connectivity index (χ3v) is 3.01. The summed E-state index contributed by atoms with van der Waals surface area (Å²) in [5.41, 5.74) is 0. The Bertz CT molecular complexity index is 240. The number of rotatable bonds is 8. The molecular weight excluding hydrogens is 232 g/mol. The molecule has 0 aromatic heterocycles. The first kappa shape index (κ1) is 15.6. The lowest BCUT2D eigenvalue weighted by Gasteiger charge is -2.29. The number of Topliss-reactive ketones (excluding diaryl/α,β-unsaturated/α-hetero) is 1. The minimum atomic E-state index is -0.0897. The van der Waals surface area contributed by atoms with E-state index in [1.54, 1.807) is 0 Å². The average molecular weight is 258 g/mol. The van der Waals surface area contributed by atoms with Gasteiger partial charge in [-0.05, 0) is 25.7 Å². The van der Waals surface area contributed by atoms with Crippen molar-refractivity contribution >= 4 is 5.78 Å². The first-order valence-electron chi connectivity index (χ1n) is 7.01. The summed E-state index contributed by atoms with van der Waals surface area (Å²) >= 11 is 0. The summed E-state index contributed by atoms with van der Waals surface area (Å²) < 4.78 is 16.8. The number of carbonyl (C=O) groups is 1. The molecule has 1 fully saturated rings. The van der Waals surface area contributed by atoms with Gasteiger partial charge in [0.15, 0.2) is 12.1 Å². The van der Waals surface area contributed by atoms with E-state index in [2.05, 4.69) is 6.92 Å². The second-order valence-electron chi connectivity index (χ2n) is 5.13. The molecule has 0 aromatic rings. The molecular formula is C14H26O4. The van der Waals surface area contributed by atoms with Crippen molar-refractivity contribution in [2.45, 2.75) is 58.8 Å². The first-order chi connectivity index (χ1) is 8.63. The van der Waals surface area contributed by atoms with Gasteiger partial charge in [-0.2, -0.15) is 0 Å².